The van der Waals surface area contributed by atoms with E-state index in [4.69, 9.17) is 4.74 Å². The van der Waals surface area contributed by atoms with Crippen LogP contribution in [-0.2, 0) is 11.3 Å². The van der Waals surface area contributed by atoms with E-state index in [0.717, 1.165) is 17.1 Å². The largest absolute Gasteiger partial charge is 0.455 e. The summed E-state index contributed by atoms with van der Waals surface area (Å²) in [6.07, 6.45) is 0. The minimum absolute atomic E-state index is 0.262. The summed E-state index contributed by atoms with van der Waals surface area (Å²) in [6.45, 7) is 2.00. The van der Waals surface area contributed by atoms with E-state index in [2.05, 4.69) is 9.36 Å². The minimum Gasteiger partial charge on any atom is -0.455 e. The maximum atomic E-state index is 11.5. The molecule has 0 bridgehead atoms. The summed E-state index contributed by atoms with van der Waals surface area (Å²) in [4.78, 5) is 15.5. The van der Waals surface area contributed by atoms with Gasteiger partial charge in [-0.3, -0.25) is 0 Å². The van der Waals surface area contributed by atoms with Crippen LogP contribution in [0.2, 0.25) is 0 Å². The molecular formula is C11H10N2O2S. The molecule has 1 aromatic heterocycles. The predicted molar refractivity (Wildman–Crippen MR) is 60.2 cm³/mol. The Balaban J connectivity index is 1.94. The molecule has 2 aromatic rings. The number of hydrogen-bond donors (Lipinski definition) is 0. The first-order valence-corrected chi connectivity index (χ1v) is 5.54. The molecule has 1 heterocycles. The Morgan fingerprint density at radius 3 is 2.75 bits per heavy atom. The Morgan fingerprint density at radius 2 is 2.12 bits per heavy atom. The van der Waals surface area contributed by atoms with E-state index in [1.807, 2.05) is 30.3 Å². The molecule has 4 nitrogen and oxygen atoms in total. The van der Waals surface area contributed by atoms with Crippen LogP contribution in [0.1, 0.15) is 21.2 Å². The highest BCUT2D eigenvalue weighted by atomic mass is 32.1. The van der Waals surface area contributed by atoms with Crippen LogP contribution in [0.3, 0.4) is 0 Å². The van der Waals surface area contributed by atoms with Gasteiger partial charge in [0.1, 0.15) is 12.4 Å². The molecule has 0 unspecified atom stereocenters. The SMILES string of the molecule is Cc1nsc(C(=O)OCc2ccccc2)n1. The van der Waals surface area contributed by atoms with Gasteiger partial charge in [-0.05, 0) is 24.0 Å². The number of ether oxygens (including phenoxy) is 1. The standard InChI is InChI=1S/C11H10N2O2S/c1-8-12-10(16-13-8)11(14)15-7-9-5-3-2-4-6-9/h2-6H,7H2,1H3. The monoisotopic (exact) mass is 234 g/mol. The summed E-state index contributed by atoms with van der Waals surface area (Å²) in [5.74, 6) is 0.172. The average molecular weight is 234 g/mol. The fourth-order valence-electron chi connectivity index (χ4n) is 1.16. The van der Waals surface area contributed by atoms with Crippen molar-refractivity contribution < 1.29 is 9.53 Å². The highest BCUT2D eigenvalue weighted by molar-refractivity contribution is 7.07. The Bertz CT molecular complexity index is 482. The number of hydrogen-bond acceptors (Lipinski definition) is 5. The molecule has 0 atom stereocenters. The Hall–Kier alpha value is -1.75. The van der Waals surface area contributed by atoms with Gasteiger partial charge in [0.25, 0.3) is 0 Å². The zero-order chi connectivity index (χ0) is 11.4. The molecule has 0 aliphatic rings. The number of aryl methyl sites for hydroxylation is 1. The van der Waals surface area contributed by atoms with Crippen LogP contribution in [0.15, 0.2) is 30.3 Å². The van der Waals surface area contributed by atoms with Gasteiger partial charge in [0, 0.05) is 0 Å². The van der Waals surface area contributed by atoms with E-state index >= 15 is 0 Å². The minimum atomic E-state index is -0.422. The summed E-state index contributed by atoms with van der Waals surface area (Å²) in [5, 5.41) is 0.299. The maximum Gasteiger partial charge on any atom is 0.369 e. The predicted octanol–water partition coefficient (Wildman–Crippen LogP) is 2.20. The zero-order valence-corrected chi connectivity index (χ0v) is 9.53. The number of aromatic nitrogens is 2. The van der Waals surface area contributed by atoms with Crippen LogP contribution in [-0.4, -0.2) is 15.3 Å². The van der Waals surface area contributed by atoms with Gasteiger partial charge in [-0.1, -0.05) is 30.3 Å². The van der Waals surface area contributed by atoms with Crippen molar-refractivity contribution in [2.24, 2.45) is 0 Å². The number of carbonyl (C=O) groups excluding carboxylic acids is 1. The molecule has 82 valence electrons. The molecule has 0 saturated heterocycles. The number of esters is 1. The van der Waals surface area contributed by atoms with Crippen LogP contribution in [0.25, 0.3) is 0 Å². The van der Waals surface area contributed by atoms with E-state index in [1.54, 1.807) is 6.92 Å². The molecule has 0 N–H and O–H groups in total. The fourth-order valence-corrected chi connectivity index (χ4v) is 1.73. The van der Waals surface area contributed by atoms with Gasteiger partial charge in [-0.2, -0.15) is 4.37 Å². The second-order valence-corrected chi connectivity index (χ2v) is 3.96. The molecule has 0 fully saturated rings. The summed E-state index contributed by atoms with van der Waals surface area (Å²) in [5.41, 5.74) is 0.956. The lowest BCUT2D eigenvalue weighted by Gasteiger charge is -2.01. The molecule has 2 rings (SSSR count). The van der Waals surface area contributed by atoms with E-state index in [0.29, 0.717) is 10.8 Å². The van der Waals surface area contributed by atoms with Crippen molar-refractivity contribution in [2.75, 3.05) is 0 Å². The lowest BCUT2D eigenvalue weighted by atomic mass is 10.2. The molecule has 5 heteroatoms. The maximum absolute atomic E-state index is 11.5. The number of rotatable bonds is 3. The molecule has 16 heavy (non-hydrogen) atoms. The zero-order valence-electron chi connectivity index (χ0n) is 8.71. The highest BCUT2D eigenvalue weighted by Gasteiger charge is 2.12. The van der Waals surface area contributed by atoms with Gasteiger partial charge in [-0.15, -0.1) is 0 Å². The van der Waals surface area contributed by atoms with Gasteiger partial charge in [0.05, 0.1) is 0 Å². The molecule has 0 radical (unpaired) electrons. The highest BCUT2D eigenvalue weighted by Crippen LogP contribution is 2.08. The number of benzene rings is 1. The lowest BCUT2D eigenvalue weighted by molar-refractivity contribution is 0.0472. The molecular weight excluding hydrogens is 224 g/mol. The van der Waals surface area contributed by atoms with E-state index in [9.17, 15) is 4.79 Å². The van der Waals surface area contributed by atoms with Crippen molar-refractivity contribution in [3.05, 3.63) is 46.7 Å². The van der Waals surface area contributed by atoms with Crippen molar-refractivity contribution >= 4 is 17.5 Å². The molecule has 0 spiro atoms. The van der Waals surface area contributed by atoms with Crippen LogP contribution < -0.4 is 0 Å². The fraction of sp³-hybridized carbons (Fsp3) is 0.182. The molecule has 1 aromatic carbocycles. The summed E-state index contributed by atoms with van der Waals surface area (Å²) in [7, 11) is 0. The first-order valence-electron chi connectivity index (χ1n) is 4.77. The van der Waals surface area contributed by atoms with E-state index in [1.165, 1.54) is 0 Å². The van der Waals surface area contributed by atoms with Crippen molar-refractivity contribution in [1.82, 2.24) is 9.36 Å². The molecule has 0 amide bonds. The quantitative estimate of drug-likeness (QED) is 0.764. The van der Waals surface area contributed by atoms with Crippen LogP contribution in [0, 0.1) is 6.92 Å². The van der Waals surface area contributed by atoms with Gasteiger partial charge >= 0.3 is 5.97 Å². The van der Waals surface area contributed by atoms with Gasteiger partial charge in [-0.25, -0.2) is 9.78 Å². The second kappa shape index (κ2) is 4.85. The first kappa shape index (κ1) is 10.8. The second-order valence-electron chi connectivity index (χ2n) is 3.21. The third-order valence-electron chi connectivity index (χ3n) is 1.91. The van der Waals surface area contributed by atoms with Crippen molar-refractivity contribution in [1.29, 1.82) is 0 Å². The first-order chi connectivity index (χ1) is 7.75. The van der Waals surface area contributed by atoms with Gasteiger partial charge in [0.15, 0.2) is 0 Å². The topological polar surface area (TPSA) is 52.1 Å². The van der Waals surface area contributed by atoms with Gasteiger partial charge in [0.2, 0.25) is 5.01 Å². The van der Waals surface area contributed by atoms with Crippen LogP contribution in [0.5, 0.6) is 0 Å². The van der Waals surface area contributed by atoms with E-state index in [-0.39, 0.29) is 6.61 Å². The summed E-state index contributed by atoms with van der Waals surface area (Å²) < 4.78 is 9.02. The normalized spacial score (nSPS) is 10.1. The van der Waals surface area contributed by atoms with Crippen molar-refractivity contribution in [3.8, 4) is 0 Å². The summed E-state index contributed by atoms with van der Waals surface area (Å²) in [6, 6.07) is 9.52. The Labute approximate surface area is 97.1 Å². The van der Waals surface area contributed by atoms with Crippen molar-refractivity contribution in [2.45, 2.75) is 13.5 Å². The van der Waals surface area contributed by atoms with Crippen LogP contribution >= 0.6 is 11.5 Å². The molecule has 0 aliphatic carbocycles. The Kier molecular flexibility index (Phi) is 3.26. The smallest absolute Gasteiger partial charge is 0.369 e. The lowest BCUT2D eigenvalue weighted by Crippen LogP contribution is -2.04. The average Bonchev–Trinajstić information content (AvgIpc) is 2.74. The molecule has 0 aliphatic heterocycles. The number of nitrogens with zero attached hydrogens (tertiary/aromatic N) is 2. The van der Waals surface area contributed by atoms with E-state index < -0.39 is 5.97 Å². The number of carbonyl (C=O) groups is 1. The van der Waals surface area contributed by atoms with Crippen LogP contribution in [0.4, 0.5) is 0 Å². The molecule has 0 saturated carbocycles. The van der Waals surface area contributed by atoms with Gasteiger partial charge < -0.3 is 4.74 Å². The summed E-state index contributed by atoms with van der Waals surface area (Å²) >= 11 is 1.06. The Morgan fingerprint density at radius 1 is 1.38 bits per heavy atom. The third-order valence-corrected chi connectivity index (χ3v) is 2.70. The third kappa shape index (κ3) is 2.64. The van der Waals surface area contributed by atoms with Crippen molar-refractivity contribution in [3.63, 3.8) is 0 Å².